The Morgan fingerprint density at radius 1 is 1.06 bits per heavy atom. The van der Waals surface area contributed by atoms with E-state index in [0.717, 1.165) is 23.9 Å². The Morgan fingerprint density at radius 3 is 2.35 bits per heavy atom. The summed E-state index contributed by atoms with van der Waals surface area (Å²) in [6.45, 7) is 4.85. The van der Waals surface area contributed by atoms with Gasteiger partial charge >= 0.3 is 6.18 Å². The van der Waals surface area contributed by atoms with E-state index < -0.39 is 11.7 Å². The molecule has 0 aliphatic carbocycles. The van der Waals surface area contributed by atoms with E-state index >= 15 is 0 Å². The van der Waals surface area contributed by atoms with Gasteiger partial charge in [0.05, 0.1) is 24.1 Å². The standard InChI is InChI=1S/C23H25F3N4O3S/c1-4-29(5-2)21(31)15-34-22-28-27-20(14-33-19-11-9-18(32-3)10-12-19)30(22)17-8-6-7-16(13-17)23(24,25)26/h6-13H,4-5,14-15H2,1-3H3. The highest BCUT2D eigenvalue weighted by molar-refractivity contribution is 7.99. The fourth-order valence-corrected chi connectivity index (χ4v) is 4.06. The topological polar surface area (TPSA) is 69.5 Å². The fourth-order valence-electron chi connectivity index (χ4n) is 3.18. The van der Waals surface area contributed by atoms with Gasteiger partial charge in [0.15, 0.2) is 11.0 Å². The summed E-state index contributed by atoms with van der Waals surface area (Å²) in [6.07, 6.45) is -4.50. The minimum Gasteiger partial charge on any atom is -0.497 e. The van der Waals surface area contributed by atoms with E-state index in [1.54, 1.807) is 36.3 Å². The minimum absolute atomic E-state index is 0.0415. The Kier molecular flexibility index (Phi) is 8.43. The van der Waals surface area contributed by atoms with Gasteiger partial charge in [0.25, 0.3) is 0 Å². The van der Waals surface area contributed by atoms with Crippen LogP contribution >= 0.6 is 11.8 Å². The summed E-state index contributed by atoms with van der Waals surface area (Å²) >= 11 is 1.11. The molecule has 0 unspecified atom stereocenters. The average molecular weight is 495 g/mol. The van der Waals surface area contributed by atoms with Crippen LogP contribution in [0.5, 0.6) is 11.5 Å². The van der Waals surface area contributed by atoms with E-state index in [2.05, 4.69) is 10.2 Å². The molecule has 11 heteroatoms. The van der Waals surface area contributed by atoms with Crippen LogP contribution in [0.4, 0.5) is 13.2 Å². The van der Waals surface area contributed by atoms with Crippen molar-refractivity contribution in [2.45, 2.75) is 31.8 Å². The number of rotatable bonds is 10. The lowest BCUT2D eigenvalue weighted by Gasteiger charge is -2.18. The molecular weight excluding hydrogens is 469 g/mol. The Hall–Kier alpha value is -3.21. The Morgan fingerprint density at radius 2 is 1.74 bits per heavy atom. The van der Waals surface area contributed by atoms with Gasteiger partial charge in [-0.25, -0.2) is 0 Å². The van der Waals surface area contributed by atoms with Gasteiger partial charge in [-0.3, -0.25) is 9.36 Å². The second-order valence-electron chi connectivity index (χ2n) is 7.10. The van der Waals surface area contributed by atoms with E-state index in [1.165, 1.54) is 16.7 Å². The molecular formula is C23H25F3N4O3S. The maximum Gasteiger partial charge on any atom is 0.416 e. The summed E-state index contributed by atoms with van der Waals surface area (Å²) in [7, 11) is 1.55. The number of thioether (sulfide) groups is 1. The van der Waals surface area contributed by atoms with Gasteiger partial charge in [-0.1, -0.05) is 17.8 Å². The summed E-state index contributed by atoms with van der Waals surface area (Å²) in [4.78, 5) is 14.1. The number of methoxy groups -OCH3 is 1. The number of hydrogen-bond donors (Lipinski definition) is 0. The molecule has 182 valence electrons. The molecule has 1 heterocycles. The number of alkyl halides is 3. The van der Waals surface area contributed by atoms with Crippen molar-refractivity contribution in [1.82, 2.24) is 19.7 Å². The van der Waals surface area contributed by atoms with Crippen molar-refractivity contribution >= 4 is 17.7 Å². The van der Waals surface area contributed by atoms with Gasteiger partial charge in [0.1, 0.15) is 18.1 Å². The lowest BCUT2D eigenvalue weighted by molar-refractivity contribution is -0.137. The second kappa shape index (κ2) is 11.3. The van der Waals surface area contributed by atoms with Crippen LogP contribution in [0.25, 0.3) is 5.69 Å². The van der Waals surface area contributed by atoms with Crippen LogP contribution in [0, 0.1) is 0 Å². The molecule has 0 N–H and O–H groups in total. The lowest BCUT2D eigenvalue weighted by Crippen LogP contribution is -2.31. The van der Waals surface area contributed by atoms with Crippen molar-refractivity contribution in [2.75, 3.05) is 26.0 Å². The fraction of sp³-hybridized carbons (Fsp3) is 0.348. The molecule has 0 fully saturated rings. The largest absolute Gasteiger partial charge is 0.497 e. The number of aromatic nitrogens is 3. The van der Waals surface area contributed by atoms with Crippen molar-refractivity contribution < 1.29 is 27.4 Å². The number of carbonyl (C=O) groups excluding carboxylic acids is 1. The van der Waals surface area contributed by atoms with Crippen LogP contribution in [0.15, 0.2) is 53.7 Å². The van der Waals surface area contributed by atoms with Crippen molar-refractivity contribution in [3.8, 4) is 17.2 Å². The smallest absolute Gasteiger partial charge is 0.416 e. The number of ether oxygens (including phenoxy) is 2. The summed E-state index contributed by atoms with van der Waals surface area (Å²) in [5, 5.41) is 8.56. The summed E-state index contributed by atoms with van der Waals surface area (Å²) in [5.74, 6) is 1.48. The number of nitrogens with zero attached hydrogens (tertiary/aromatic N) is 4. The van der Waals surface area contributed by atoms with Crippen molar-refractivity contribution in [2.24, 2.45) is 0 Å². The van der Waals surface area contributed by atoms with Crippen LogP contribution in [0.1, 0.15) is 25.2 Å². The molecule has 0 saturated heterocycles. The molecule has 3 aromatic rings. The number of amides is 1. The van der Waals surface area contributed by atoms with Gasteiger partial charge in [-0.15, -0.1) is 10.2 Å². The Labute approximate surface area is 199 Å². The molecule has 0 spiro atoms. The minimum atomic E-state index is -4.50. The Bertz CT molecular complexity index is 1100. The predicted molar refractivity (Wildman–Crippen MR) is 122 cm³/mol. The van der Waals surface area contributed by atoms with Gasteiger partial charge in [-0.05, 0) is 56.3 Å². The summed E-state index contributed by atoms with van der Waals surface area (Å²) in [6, 6.07) is 11.8. The maximum atomic E-state index is 13.3. The molecule has 0 saturated carbocycles. The maximum absolute atomic E-state index is 13.3. The van der Waals surface area contributed by atoms with Crippen LogP contribution in [-0.2, 0) is 17.6 Å². The lowest BCUT2D eigenvalue weighted by atomic mass is 10.2. The molecule has 1 aromatic heterocycles. The molecule has 1 amide bonds. The zero-order chi connectivity index (χ0) is 24.7. The van der Waals surface area contributed by atoms with Gasteiger partial charge in [0.2, 0.25) is 5.91 Å². The third kappa shape index (κ3) is 6.22. The van der Waals surface area contributed by atoms with Crippen LogP contribution in [-0.4, -0.2) is 51.5 Å². The van der Waals surface area contributed by atoms with Crippen LogP contribution < -0.4 is 9.47 Å². The average Bonchev–Trinajstić information content (AvgIpc) is 3.25. The zero-order valence-corrected chi connectivity index (χ0v) is 19.8. The van der Waals surface area contributed by atoms with Gasteiger partial charge < -0.3 is 14.4 Å². The predicted octanol–water partition coefficient (Wildman–Crippen LogP) is 4.83. The highest BCUT2D eigenvalue weighted by Gasteiger charge is 2.31. The molecule has 0 aliphatic rings. The quantitative estimate of drug-likeness (QED) is 0.376. The molecule has 34 heavy (non-hydrogen) atoms. The highest BCUT2D eigenvalue weighted by atomic mass is 32.2. The molecule has 0 radical (unpaired) electrons. The van der Waals surface area contributed by atoms with Crippen molar-refractivity contribution in [3.05, 3.63) is 59.9 Å². The molecule has 2 aromatic carbocycles. The first-order valence-electron chi connectivity index (χ1n) is 10.6. The molecule has 0 aliphatic heterocycles. The first-order chi connectivity index (χ1) is 16.3. The van der Waals surface area contributed by atoms with E-state index in [-0.39, 0.29) is 24.0 Å². The SMILES string of the molecule is CCN(CC)C(=O)CSc1nnc(COc2ccc(OC)cc2)n1-c1cccc(C(F)(F)F)c1. The third-order valence-corrected chi connectivity index (χ3v) is 5.91. The number of benzene rings is 2. The van der Waals surface area contributed by atoms with E-state index in [9.17, 15) is 18.0 Å². The van der Waals surface area contributed by atoms with Crippen molar-refractivity contribution in [3.63, 3.8) is 0 Å². The molecule has 0 atom stereocenters. The molecule has 3 rings (SSSR count). The molecule has 7 nitrogen and oxygen atoms in total. The summed E-state index contributed by atoms with van der Waals surface area (Å²) < 4.78 is 52.4. The van der Waals surface area contributed by atoms with Gasteiger partial charge in [0, 0.05) is 13.1 Å². The number of halogens is 3. The van der Waals surface area contributed by atoms with Gasteiger partial charge in [-0.2, -0.15) is 13.2 Å². The van der Waals surface area contributed by atoms with Crippen LogP contribution in [0.3, 0.4) is 0 Å². The van der Waals surface area contributed by atoms with E-state index in [1.807, 2.05) is 13.8 Å². The van der Waals surface area contributed by atoms with E-state index in [4.69, 9.17) is 9.47 Å². The van der Waals surface area contributed by atoms with Crippen LogP contribution in [0.2, 0.25) is 0 Å². The monoisotopic (exact) mass is 494 g/mol. The zero-order valence-electron chi connectivity index (χ0n) is 19.0. The summed E-state index contributed by atoms with van der Waals surface area (Å²) in [5.41, 5.74) is -0.568. The second-order valence-corrected chi connectivity index (χ2v) is 8.04. The molecule has 0 bridgehead atoms. The Balaban J connectivity index is 1.90. The third-order valence-electron chi connectivity index (χ3n) is 5.00. The highest BCUT2D eigenvalue weighted by Crippen LogP contribution is 2.32. The number of hydrogen-bond acceptors (Lipinski definition) is 6. The first kappa shape index (κ1) is 25.4. The van der Waals surface area contributed by atoms with E-state index in [0.29, 0.717) is 35.6 Å². The normalized spacial score (nSPS) is 11.4. The first-order valence-corrected chi connectivity index (χ1v) is 11.5. The van der Waals surface area contributed by atoms with Crippen molar-refractivity contribution in [1.29, 1.82) is 0 Å². The number of carbonyl (C=O) groups is 1.